The Hall–Kier alpha value is -2.75. The van der Waals surface area contributed by atoms with Crippen LogP contribution in [-0.4, -0.2) is 71.6 Å². The highest BCUT2D eigenvalue weighted by atomic mass is 32.2. The minimum atomic E-state index is -0.967. The van der Waals surface area contributed by atoms with Gasteiger partial charge >= 0.3 is 12.1 Å². The molecule has 0 aliphatic heterocycles. The van der Waals surface area contributed by atoms with Gasteiger partial charge in [0.1, 0.15) is 17.7 Å². The molecule has 0 bridgehead atoms. The van der Waals surface area contributed by atoms with E-state index in [2.05, 4.69) is 10.6 Å². The van der Waals surface area contributed by atoms with E-state index in [1.165, 1.54) is 0 Å². The number of thioether (sulfide) groups is 1. The van der Waals surface area contributed by atoms with Gasteiger partial charge in [0.2, 0.25) is 11.8 Å². The molecule has 0 saturated heterocycles. The van der Waals surface area contributed by atoms with Crippen molar-refractivity contribution in [3.63, 3.8) is 0 Å². The van der Waals surface area contributed by atoms with Crippen LogP contribution < -0.4 is 10.6 Å². The first-order valence-electron chi connectivity index (χ1n) is 13.6. The van der Waals surface area contributed by atoms with Crippen molar-refractivity contribution in [1.29, 1.82) is 0 Å². The van der Waals surface area contributed by atoms with Crippen LogP contribution in [0.2, 0.25) is 0 Å². The maximum Gasteiger partial charge on any atom is 0.408 e. The average Bonchev–Trinajstić information content (AvgIpc) is 2.84. The smallest absolute Gasteiger partial charge is 0.408 e. The second kappa shape index (κ2) is 16.4. The van der Waals surface area contributed by atoms with Gasteiger partial charge in [-0.1, -0.05) is 25.1 Å². The number of hydrogen-bond acceptors (Lipinski definition) is 7. The fourth-order valence-electron chi connectivity index (χ4n) is 3.91. The standard InChI is InChI=1S/C29H47N3O6S/c1-10-21(5)32(27(35)23(15-17-39-9)31-28(36)38-29(6,7)8)25(22-13-12-19(3)20(4)18-22)26(34)30-16-14-24(33)37-11-2/h12-13,18,21,23,25H,10-11,14-17H2,1-9H3,(H,30,34)(H,31,36). The molecule has 0 aromatic heterocycles. The van der Waals surface area contributed by atoms with Gasteiger partial charge in [0.05, 0.1) is 13.0 Å². The van der Waals surface area contributed by atoms with Gasteiger partial charge in [-0.25, -0.2) is 4.79 Å². The Bertz CT molecular complexity index is 978. The summed E-state index contributed by atoms with van der Waals surface area (Å²) in [6.45, 7) is 15.1. The number of nitrogens with one attached hydrogen (secondary N) is 2. The summed E-state index contributed by atoms with van der Waals surface area (Å²) in [6.07, 6.45) is 2.22. The third kappa shape index (κ3) is 11.5. The summed E-state index contributed by atoms with van der Waals surface area (Å²) in [5, 5.41) is 5.57. The number of esters is 1. The van der Waals surface area contributed by atoms with E-state index in [4.69, 9.17) is 9.47 Å². The van der Waals surface area contributed by atoms with Crippen LogP contribution in [0.4, 0.5) is 4.79 Å². The number of rotatable bonds is 14. The summed E-state index contributed by atoms with van der Waals surface area (Å²) in [4.78, 5) is 54.0. The Labute approximate surface area is 238 Å². The predicted molar refractivity (Wildman–Crippen MR) is 156 cm³/mol. The molecule has 0 heterocycles. The van der Waals surface area contributed by atoms with Gasteiger partial charge in [0.15, 0.2) is 0 Å². The lowest BCUT2D eigenvalue weighted by molar-refractivity contribution is -0.146. The number of ether oxygens (including phenoxy) is 2. The van der Waals surface area contributed by atoms with Crippen molar-refractivity contribution in [3.8, 4) is 0 Å². The van der Waals surface area contributed by atoms with E-state index in [1.54, 1.807) is 44.4 Å². The molecule has 0 aliphatic carbocycles. The Morgan fingerprint density at radius 1 is 1.08 bits per heavy atom. The highest BCUT2D eigenvalue weighted by molar-refractivity contribution is 7.98. The topological polar surface area (TPSA) is 114 Å². The van der Waals surface area contributed by atoms with Crippen molar-refractivity contribution < 1.29 is 28.7 Å². The number of nitrogens with zero attached hydrogens (tertiary/aromatic N) is 1. The molecule has 1 aromatic carbocycles. The molecule has 0 saturated carbocycles. The molecule has 0 radical (unpaired) electrons. The van der Waals surface area contributed by atoms with Crippen molar-refractivity contribution in [2.24, 2.45) is 0 Å². The number of amides is 3. The largest absolute Gasteiger partial charge is 0.466 e. The number of hydrogen-bond donors (Lipinski definition) is 2. The lowest BCUT2D eigenvalue weighted by Gasteiger charge is -2.38. The lowest BCUT2D eigenvalue weighted by Crippen LogP contribution is -2.55. The van der Waals surface area contributed by atoms with Crippen LogP contribution in [0.1, 0.15) is 83.5 Å². The molecule has 0 spiro atoms. The summed E-state index contributed by atoms with van der Waals surface area (Å²) >= 11 is 1.56. The zero-order valence-electron chi connectivity index (χ0n) is 25.0. The van der Waals surface area contributed by atoms with E-state index in [1.807, 2.05) is 52.1 Å². The van der Waals surface area contributed by atoms with Crippen molar-refractivity contribution in [2.75, 3.05) is 25.2 Å². The Balaban J connectivity index is 3.48. The number of aryl methyl sites for hydroxylation is 2. The summed E-state index contributed by atoms with van der Waals surface area (Å²) in [6, 6.07) is 3.50. The molecule has 3 amide bonds. The van der Waals surface area contributed by atoms with Crippen LogP contribution in [0.3, 0.4) is 0 Å². The summed E-state index contributed by atoms with van der Waals surface area (Å²) in [7, 11) is 0. The number of carbonyl (C=O) groups excluding carboxylic acids is 4. The zero-order chi connectivity index (χ0) is 29.8. The van der Waals surface area contributed by atoms with Crippen molar-refractivity contribution in [2.45, 2.75) is 98.4 Å². The van der Waals surface area contributed by atoms with E-state index in [9.17, 15) is 19.2 Å². The lowest BCUT2D eigenvalue weighted by atomic mass is 9.96. The number of carbonyl (C=O) groups is 4. The predicted octanol–water partition coefficient (Wildman–Crippen LogP) is 4.69. The maximum absolute atomic E-state index is 14.2. The van der Waals surface area contributed by atoms with Crippen LogP contribution in [0, 0.1) is 13.8 Å². The summed E-state index contributed by atoms with van der Waals surface area (Å²) < 4.78 is 10.4. The highest BCUT2D eigenvalue weighted by Gasteiger charge is 2.38. The first kappa shape index (κ1) is 34.3. The van der Waals surface area contributed by atoms with Gasteiger partial charge in [0, 0.05) is 12.6 Å². The zero-order valence-corrected chi connectivity index (χ0v) is 25.8. The SMILES string of the molecule is CCOC(=O)CCNC(=O)C(c1ccc(C)c(C)c1)N(C(=O)C(CCSC)NC(=O)OC(C)(C)C)C(C)CC. The third-order valence-electron chi connectivity index (χ3n) is 6.23. The minimum absolute atomic E-state index is 0.0209. The van der Waals surface area contributed by atoms with E-state index < -0.39 is 35.7 Å². The van der Waals surface area contributed by atoms with E-state index >= 15 is 0 Å². The molecule has 2 N–H and O–H groups in total. The molecule has 220 valence electrons. The van der Waals surface area contributed by atoms with Crippen LogP contribution in [0.5, 0.6) is 0 Å². The molecule has 39 heavy (non-hydrogen) atoms. The van der Waals surface area contributed by atoms with Crippen LogP contribution in [0.25, 0.3) is 0 Å². The van der Waals surface area contributed by atoms with Gasteiger partial charge in [-0.2, -0.15) is 11.8 Å². The summed E-state index contributed by atoms with van der Waals surface area (Å²) in [5.41, 5.74) is 1.97. The molecule has 1 aromatic rings. The van der Waals surface area contributed by atoms with E-state index in [0.29, 0.717) is 24.2 Å². The van der Waals surface area contributed by atoms with Crippen LogP contribution in [0.15, 0.2) is 18.2 Å². The monoisotopic (exact) mass is 565 g/mol. The first-order chi connectivity index (χ1) is 18.2. The summed E-state index contributed by atoms with van der Waals surface area (Å²) in [5.74, 6) is -0.556. The highest BCUT2D eigenvalue weighted by Crippen LogP contribution is 2.28. The normalized spacial score (nSPS) is 13.6. The second-order valence-corrected chi connectivity index (χ2v) is 11.6. The molecule has 0 aliphatic rings. The maximum atomic E-state index is 14.2. The van der Waals surface area contributed by atoms with Gasteiger partial charge in [-0.05, 0) is 90.0 Å². The van der Waals surface area contributed by atoms with E-state index in [-0.39, 0.29) is 31.5 Å². The quantitative estimate of drug-likeness (QED) is 0.315. The molecular formula is C29H47N3O6S. The Morgan fingerprint density at radius 2 is 1.74 bits per heavy atom. The van der Waals surface area contributed by atoms with Crippen LogP contribution >= 0.6 is 11.8 Å². The second-order valence-electron chi connectivity index (χ2n) is 10.6. The van der Waals surface area contributed by atoms with Gasteiger partial charge < -0.3 is 25.0 Å². The Morgan fingerprint density at radius 3 is 2.28 bits per heavy atom. The van der Waals surface area contributed by atoms with Gasteiger partial charge in [-0.3, -0.25) is 14.4 Å². The number of benzene rings is 1. The fourth-order valence-corrected chi connectivity index (χ4v) is 4.38. The van der Waals surface area contributed by atoms with Crippen molar-refractivity contribution in [3.05, 3.63) is 34.9 Å². The van der Waals surface area contributed by atoms with Crippen LogP contribution in [-0.2, 0) is 23.9 Å². The minimum Gasteiger partial charge on any atom is -0.466 e. The van der Waals surface area contributed by atoms with Crippen molar-refractivity contribution in [1.82, 2.24) is 15.5 Å². The van der Waals surface area contributed by atoms with Crippen molar-refractivity contribution >= 4 is 35.6 Å². The average molecular weight is 566 g/mol. The third-order valence-corrected chi connectivity index (χ3v) is 6.87. The molecule has 3 atom stereocenters. The molecule has 3 unspecified atom stereocenters. The number of alkyl carbamates (subject to hydrolysis) is 1. The fraction of sp³-hybridized carbons (Fsp3) is 0.655. The first-order valence-corrected chi connectivity index (χ1v) is 15.0. The van der Waals surface area contributed by atoms with E-state index in [0.717, 1.165) is 11.1 Å². The molecule has 9 nitrogen and oxygen atoms in total. The Kier molecular flexibility index (Phi) is 14.4. The van der Waals surface area contributed by atoms with Gasteiger partial charge in [-0.15, -0.1) is 0 Å². The molecule has 0 fully saturated rings. The molecule has 1 rings (SSSR count). The molecular weight excluding hydrogens is 518 g/mol. The van der Waals surface area contributed by atoms with Gasteiger partial charge in [0.25, 0.3) is 0 Å². The molecule has 10 heteroatoms.